The number of hydrogen-bond acceptors (Lipinski definition) is 6. The van der Waals surface area contributed by atoms with E-state index in [1.165, 1.54) is 40.9 Å². The summed E-state index contributed by atoms with van der Waals surface area (Å²) >= 11 is 11.8. The predicted molar refractivity (Wildman–Crippen MR) is 154 cm³/mol. The summed E-state index contributed by atoms with van der Waals surface area (Å²) in [6.45, 7) is 1.99. The number of aryl methyl sites for hydroxylation is 1. The Morgan fingerprint density at radius 3 is 2.33 bits per heavy atom. The molecule has 0 spiro atoms. The average Bonchev–Trinajstić information content (AvgIpc) is 3.37. The summed E-state index contributed by atoms with van der Waals surface area (Å²) in [6, 6.07) is 23.0. The van der Waals surface area contributed by atoms with Crippen molar-refractivity contribution in [3.63, 3.8) is 0 Å². The van der Waals surface area contributed by atoms with Crippen LogP contribution in [0.4, 0.5) is 5.69 Å². The number of nitrogens with zero attached hydrogens (tertiary/aromatic N) is 2. The normalized spacial score (nSPS) is 11.6. The van der Waals surface area contributed by atoms with Gasteiger partial charge in [-0.05, 0) is 67.1 Å². The third-order valence-corrected chi connectivity index (χ3v) is 7.89. The van der Waals surface area contributed by atoms with E-state index in [1.807, 2.05) is 31.2 Å². The summed E-state index contributed by atoms with van der Waals surface area (Å²) in [5.74, 6) is -1.35. The van der Waals surface area contributed by atoms with Crippen molar-refractivity contribution >= 4 is 56.9 Å². The number of hydrazone groups is 1. The number of anilines is 1. The predicted octanol–water partition coefficient (Wildman–Crippen LogP) is 5.37. The van der Waals surface area contributed by atoms with E-state index >= 15 is 0 Å². The van der Waals surface area contributed by atoms with Crippen LogP contribution in [0.3, 0.4) is 0 Å². The highest BCUT2D eigenvalue weighted by atomic mass is 35.5. The highest BCUT2D eigenvalue weighted by Crippen LogP contribution is 2.23. The smallest absolute Gasteiger partial charge is 0.329 e. The SMILES string of the molecule is Cc1ccc(CN(Cc2ccc(/C=N/NC(=O)C(=O)Nc3cccc(Cl)c3)o2)S(=O)(=O)c2ccc(Cl)cc2)cc1. The number of sulfonamides is 1. The van der Waals surface area contributed by atoms with Gasteiger partial charge in [0.1, 0.15) is 11.5 Å². The van der Waals surface area contributed by atoms with Crippen molar-refractivity contribution in [2.45, 2.75) is 24.9 Å². The van der Waals surface area contributed by atoms with Gasteiger partial charge in [-0.2, -0.15) is 9.41 Å². The Labute approximate surface area is 241 Å². The molecule has 2 N–H and O–H groups in total. The summed E-state index contributed by atoms with van der Waals surface area (Å²) in [6.07, 6.45) is 1.20. The minimum Gasteiger partial charge on any atom is -0.459 e. The first-order chi connectivity index (χ1) is 19.1. The molecule has 9 nitrogen and oxygen atoms in total. The standard InChI is InChI=1S/C28H24Cl2N4O5S/c1-19-5-7-20(8-6-19)17-34(40(37,38)26-13-9-21(29)10-14-26)18-25-12-11-24(39-25)16-31-33-28(36)27(35)32-23-4-2-3-22(30)15-23/h2-16H,17-18H2,1H3,(H,32,35)(H,33,36)/b31-16+. The molecule has 0 unspecified atom stereocenters. The second kappa shape index (κ2) is 12.9. The van der Waals surface area contributed by atoms with Crippen LogP contribution < -0.4 is 10.7 Å². The van der Waals surface area contributed by atoms with Gasteiger partial charge in [-0.15, -0.1) is 0 Å². The molecule has 0 aliphatic carbocycles. The summed E-state index contributed by atoms with van der Waals surface area (Å²) in [7, 11) is -3.91. The van der Waals surface area contributed by atoms with Gasteiger partial charge >= 0.3 is 11.8 Å². The number of furan rings is 1. The number of nitrogens with one attached hydrogen (secondary N) is 2. The van der Waals surface area contributed by atoms with Crippen LogP contribution in [0, 0.1) is 6.92 Å². The van der Waals surface area contributed by atoms with Gasteiger partial charge in [0.15, 0.2) is 0 Å². The molecule has 3 aromatic carbocycles. The largest absolute Gasteiger partial charge is 0.459 e. The van der Waals surface area contributed by atoms with Gasteiger partial charge in [0.2, 0.25) is 10.0 Å². The number of rotatable bonds is 9. The number of benzene rings is 3. The van der Waals surface area contributed by atoms with E-state index in [4.69, 9.17) is 27.6 Å². The van der Waals surface area contributed by atoms with Gasteiger partial charge in [-0.25, -0.2) is 13.8 Å². The van der Waals surface area contributed by atoms with Gasteiger partial charge in [-0.3, -0.25) is 9.59 Å². The zero-order valence-electron chi connectivity index (χ0n) is 21.2. The van der Waals surface area contributed by atoms with Gasteiger partial charge in [-0.1, -0.05) is 59.1 Å². The first kappa shape index (κ1) is 29.0. The van der Waals surface area contributed by atoms with Gasteiger partial charge in [0.05, 0.1) is 17.7 Å². The topological polar surface area (TPSA) is 121 Å². The zero-order valence-corrected chi connectivity index (χ0v) is 23.5. The fourth-order valence-corrected chi connectivity index (χ4v) is 5.27. The third-order valence-electron chi connectivity index (χ3n) is 5.59. The molecule has 0 saturated heterocycles. The van der Waals surface area contributed by atoms with Crippen LogP contribution in [0.25, 0.3) is 0 Å². The monoisotopic (exact) mass is 598 g/mol. The maximum Gasteiger partial charge on any atom is 0.329 e. The van der Waals surface area contributed by atoms with Crippen molar-refractivity contribution in [2.24, 2.45) is 5.10 Å². The fourth-order valence-electron chi connectivity index (χ4n) is 3.56. The highest BCUT2D eigenvalue weighted by molar-refractivity contribution is 7.89. The minimum atomic E-state index is -3.91. The molecule has 0 saturated carbocycles. The summed E-state index contributed by atoms with van der Waals surface area (Å²) < 4.78 is 34.0. The Hall–Kier alpha value is -3.96. The lowest BCUT2D eigenvalue weighted by molar-refractivity contribution is -0.136. The molecule has 0 bridgehead atoms. The van der Waals surface area contributed by atoms with E-state index in [9.17, 15) is 18.0 Å². The molecule has 1 aromatic heterocycles. The maximum atomic E-state index is 13.5. The Balaban J connectivity index is 1.44. The lowest BCUT2D eigenvalue weighted by Crippen LogP contribution is -2.32. The minimum absolute atomic E-state index is 0.0684. The molecule has 1 heterocycles. The van der Waals surface area contributed by atoms with E-state index in [0.29, 0.717) is 21.5 Å². The van der Waals surface area contributed by atoms with E-state index in [2.05, 4.69) is 15.8 Å². The first-order valence-electron chi connectivity index (χ1n) is 11.9. The molecule has 206 valence electrons. The van der Waals surface area contributed by atoms with E-state index < -0.39 is 21.8 Å². The number of carbonyl (C=O) groups excluding carboxylic acids is 2. The molecule has 0 atom stereocenters. The second-order valence-corrected chi connectivity index (χ2v) is 11.5. The molecule has 4 rings (SSSR count). The Morgan fingerprint density at radius 1 is 0.900 bits per heavy atom. The molecule has 2 amide bonds. The van der Waals surface area contributed by atoms with E-state index in [1.54, 1.807) is 30.3 Å². The molecular weight excluding hydrogens is 575 g/mol. The van der Waals surface area contributed by atoms with Gasteiger partial charge in [0, 0.05) is 22.3 Å². The molecule has 0 aliphatic heterocycles. The van der Waals surface area contributed by atoms with E-state index in [-0.39, 0.29) is 23.7 Å². The molecule has 12 heteroatoms. The second-order valence-electron chi connectivity index (χ2n) is 8.68. The molecule has 40 heavy (non-hydrogen) atoms. The van der Waals surface area contributed by atoms with Crippen molar-refractivity contribution in [1.29, 1.82) is 0 Å². The van der Waals surface area contributed by atoms with Crippen molar-refractivity contribution in [1.82, 2.24) is 9.73 Å². The van der Waals surface area contributed by atoms with Crippen LogP contribution in [0.2, 0.25) is 10.0 Å². The quantitative estimate of drug-likeness (QED) is 0.152. The molecular formula is C28H24Cl2N4O5S. The lowest BCUT2D eigenvalue weighted by Gasteiger charge is -2.21. The van der Waals surface area contributed by atoms with Crippen LogP contribution in [-0.2, 0) is 32.7 Å². The molecule has 0 aliphatic rings. The lowest BCUT2D eigenvalue weighted by atomic mass is 10.1. The van der Waals surface area contributed by atoms with Crippen molar-refractivity contribution < 1.29 is 22.4 Å². The van der Waals surface area contributed by atoms with Crippen LogP contribution >= 0.6 is 23.2 Å². The van der Waals surface area contributed by atoms with Crippen molar-refractivity contribution in [3.05, 3.63) is 118 Å². The Bertz CT molecular complexity index is 1640. The van der Waals surface area contributed by atoms with Crippen LogP contribution in [0.15, 0.2) is 99.3 Å². The Kier molecular flexibility index (Phi) is 9.38. The number of amides is 2. The van der Waals surface area contributed by atoms with Crippen molar-refractivity contribution in [3.8, 4) is 0 Å². The van der Waals surface area contributed by atoms with E-state index in [0.717, 1.165) is 11.1 Å². The summed E-state index contributed by atoms with van der Waals surface area (Å²) in [5.41, 5.74) is 4.33. The molecule has 0 radical (unpaired) electrons. The highest BCUT2D eigenvalue weighted by Gasteiger charge is 2.26. The summed E-state index contributed by atoms with van der Waals surface area (Å²) in [4.78, 5) is 24.2. The van der Waals surface area contributed by atoms with Crippen molar-refractivity contribution in [2.75, 3.05) is 5.32 Å². The number of carbonyl (C=O) groups is 2. The fraction of sp³-hybridized carbons (Fsp3) is 0.107. The molecule has 4 aromatic rings. The van der Waals surface area contributed by atoms with Crippen LogP contribution in [0.1, 0.15) is 22.6 Å². The third kappa shape index (κ3) is 7.80. The van der Waals surface area contributed by atoms with Gasteiger partial charge < -0.3 is 9.73 Å². The van der Waals surface area contributed by atoms with Gasteiger partial charge in [0.25, 0.3) is 0 Å². The number of hydrogen-bond donors (Lipinski definition) is 2. The van der Waals surface area contributed by atoms with Crippen LogP contribution in [-0.4, -0.2) is 30.8 Å². The summed E-state index contributed by atoms with van der Waals surface area (Å²) in [5, 5.41) is 6.98. The maximum absolute atomic E-state index is 13.5. The average molecular weight is 599 g/mol. The van der Waals surface area contributed by atoms with Crippen LogP contribution in [0.5, 0.6) is 0 Å². The zero-order chi connectivity index (χ0) is 28.7. The Morgan fingerprint density at radius 2 is 1.62 bits per heavy atom. The number of halogens is 2. The first-order valence-corrected chi connectivity index (χ1v) is 14.1. The molecule has 0 fully saturated rings.